The van der Waals surface area contributed by atoms with E-state index in [0.717, 1.165) is 12.5 Å². The number of carbonyl (C=O) groups excluding carboxylic acids is 1. The predicted octanol–water partition coefficient (Wildman–Crippen LogP) is 1.37. The van der Waals surface area contributed by atoms with Gasteiger partial charge in [0.2, 0.25) is 15.9 Å². The average molecular weight is 382 g/mol. The van der Waals surface area contributed by atoms with Crippen molar-refractivity contribution < 1.29 is 17.6 Å². The highest BCUT2D eigenvalue weighted by Crippen LogP contribution is 2.34. The van der Waals surface area contributed by atoms with E-state index in [9.17, 15) is 17.6 Å². The first-order chi connectivity index (χ1) is 12.1. The summed E-state index contributed by atoms with van der Waals surface area (Å²) in [5.41, 5.74) is -0.684. The molecule has 1 aromatic carbocycles. The van der Waals surface area contributed by atoms with Crippen LogP contribution >= 0.6 is 0 Å². The van der Waals surface area contributed by atoms with Gasteiger partial charge in [-0.1, -0.05) is 6.07 Å². The van der Waals surface area contributed by atoms with Gasteiger partial charge in [-0.2, -0.15) is 4.31 Å². The number of nitrogens with zero attached hydrogens (tertiary/aromatic N) is 2. The molecule has 1 aromatic rings. The van der Waals surface area contributed by atoms with Crippen LogP contribution in [-0.4, -0.2) is 55.2 Å². The molecule has 26 heavy (non-hydrogen) atoms. The highest BCUT2D eigenvalue weighted by Gasteiger charge is 2.45. The van der Waals surface area contributed by atoms with Crippen molar-refractivity contribution in [3.8, 4) is 0 Å². The summed E-state index contributed by atoms with van der Waals surface area (Å²) >= 11 is 0. The molecule has 2 fully saturated rings. The van der Waals surface area contributed by atoms with Crippen LogP contribution in [0.15, 0.2) is 29.2 Å². The molecule has 0 aromatic heterocycles. The van der Waals surface area contributed by atoms with E-state index in [1.807, 2.05) is 6.92 Å². The van der Waals surface area contributed by atoms with E-state index in [1.165, 1.54) is 27.4 Å². The first kappa shape index (κ1) is 18.8. The first-order valence-electron chi connectivity index (χ1n) is 8.52. The number of halogens is 1. The van der Waals surface area contributed by atoms with Crippen molar-refractivity contribution in [1.82, 2.24) is 14.5 Å². The quantitative estimate of drug-likeness (QED) is 0.826. The number of benzene rings is 1. The maximum atomic E-state index is 13.5. The number of nitrogens with one attached hydrogen (secondary N) is 2. The minimum absolute atomic E-state index is 0.0221. The maximum absolute atomic E-state index is 13.5. The van der Waals surface area contributed by atoms with Gasteiger partial charge in [0.15, 0.2) is 5.96 Å². The molecule has 3 rings (SSSR count). The largest absolute Gasteiger partial charge is 0.350 e. The summed E-state index contributed by atoms with van der Waals surface area (Å²) in [4.78, 5) is 13.4. The van der Waals surface area contributed by atoms with E-state index in [4.69, 9.17) is 5.41 Å². The fraction of sp³-hybridized carbons (Fsp3) is 0.529. The van der Waals surface area contributed by atoms with E-state index in [-0.39, 0.29) is 35.6 Å². The van der Waals surface area contributed by atoms with Gasteiger partial charge in [-0.3, -0.25) is 15.1 Å². The van der Waals surface area contributed by atoms with Gasteiger partial charge in [0, 0.05) is 20.1 Å². The van der Waals surface area contributed by atoms with Gasteiger partial charge in [-0.15, -0.1) is 0 Å². The summed E-state index contributed by atoms with van der Waals surface area (Å²) in [6.45, 7) is 2.44. The van der Waals surface area contributed by atoms with Gasteiger partial charge in [0.05, 0.1) is 16.9 Å². The van der Waals surface area contributed by atoms with E-state index >= 15 is 0 Å². The summed E-state index contributed by atoms with van der Waals surface area (Å²) in [7, 11) is -2.26. The Morgan fingerprint density at radius 3 is 2.77 bits per heavy atom. The predicted molar refractivity (Wildman–Crippen MR) is 94.5 cm³/mol. The Morgan fingerprint density at radius 1 is 1.38 bits per heavy atom. The lowest BCUT2D eigenvalue weighted by Gasteiger charge is -2.47. The highest BCUT2D eigenvalue weighted by molar-refractivity contribution is 7.89. The first-order valence-corrected chi connectivity index (χ1v) is 9.96. The number of hydrogen-bond donors (Lipinski definition) is 2. The van der Waals surface area contributed by atoms with Gasteiger partial charge in [0.1, 0.15) is 5.82 Å². The molecule has 2 atom stereocenters. The van der Waals surface area contributed by atoms with Crippen molar-refractivity contribution in [2.75, 3.05) is 20.1 Å². The van der Waals surface area contributed by atoms with Crippen molar-refractivity contribution in [2.45, 2.75) is 36.6 Å². The van der Waals surface area contributed by atoms with E-state index in [1.54, 1.807) is 7.05 Å². The summed E-state index contributed by atoms with van der Waals surface area (Å²) in [5.74, 6) is -0.865. The maximum Gasteiger partial charge on any atom is 0.243 e. The molecule has 2 aliphatic heterocycles. The van der Waals surface area contributed by atoms with Crippen molar-refractivity contribution in [3.63, 3.8) is 0 Å². The summed E-state index contributed by atoms with van der Waals surface area (Å²) in [6, 6.07) is 4.99. The van der Waals surface area contributed by atoms with Crippen LogP contribution in [0.3, 0.4) is 0 Å². The molecular weight excluding hydrogens is 359 g/mol. The zero-order valence-electron chi connectivity index (χ0n) is 14.8. The molecule has 0 aliphatic carbocycles. The lowest BCUT2D eigenvalue weighted by Crippen LogP contribution is -2.65. The number of carbonyl (C=O) groups is 1. The number of sulfonamides is 1. The highest BCUT2D eigenvalue weighted by atomic mass is 32.2. The molecule has 0 spiro atoms. The molecule has 2 heterocycles. The van der Waals surface area contributed by atoms with Crippen LogP contribution in [0.1, 0.15) is 26.2 Å². The molecule has 7 nitrogen and oxygen atoms in total. The van der Waals surface area contributed by atoms with Crippen LogP contribution in [0.5, 0.6) is 0 Å². The Morgan fingerprint density at radius 2 is 2.12 bits per heavy atom. The Balaban J connectivity index is 1.83. The molecule has 2 aliphatic rings. The third-order valence-corrected chi connectivity index (χ3v) is 7.21. The van der Waals surface area contributed by atoms with Crippen LogP contribution in [0.2, 0.25) is 0 Å². The Bertz CT molecular complexity index is 824. The fourth-order valence-corrected chi connectivity index (χ4v) is 5.22. The van der Waals surface area contributed by atoms with Gasteiger partial charge < -0.3 is 5.32 Å². The zero-order valence-corrected chi connectivity index (χ0v) is 15.6. The number of rotatable bonds is 3. The van der Waals surface area contributed by atoms with Crippen LogP contribution in [0.25, 0.3) is 0 Å². The number of amides is 1. The molecule has 1 unspecified atom stereocenters. The molecule has 0 saturated carbocycles. The normalized spacial score (nSPS) is 28.1. The van der Waals surface area contributed by atoms with Crippen LogP contribution < -0.4 is 5.32 Å². The van der Waals surface area contributed by atoms with Gasteiger partial charge >= 0.3 is 0 Å². The molecule has 2 saturated heterocycles. The van der Waals surface area contributed by atoms with Crippen molar-refractivity contribution in [2.24, 2.45) is 5.92 Å². The summed E-state index contributed by atoms with van der Waals surface area (Å²) < 4.78 is 40.6. The molecule has 0 bridgehead atoms. The number of piperidine rings is 1. The SMILES string of the molecule is CN1C(=N)N[C@](C)(C2CCCN(S(=O)(=O)c3cccc(F)c3)C2)CC1=O. The van der Waals surface area contributed by atoms with Gasteiger partial charge in [-0.05, 0) is 43.9 Å². The van der Waals surface area contributed by atoms with Gasteiger partial charge in [0.25, 0.3) is 0 Å². The Labute approximate surface area is 152 Å². The lowest BCUT2D eigenvalue weighted by molar-refractivity contribution is -0.130. The minimum Gasteiger partial charge on any atom is -0.350 e. The van der Waals surface area contributed by atoms with E-state index in [2.05, 4.69) is 5.32 Å². The average Bonchev–Trinajstić information content (AvgIpc) is 2.60. The monoisotopic (exact) mass is 382 g/mol. The molecule has 9 heteroatoms. The van der Waals surface area contributed by atoms with Crippen LogP contribution in [0, 0.1) is 17.1 Å². The zero-order chi connectivity index (χ0) is 19.1. The second-order valence-corrected chi connectivity index (χ2v) is 9.12. The number of hydrogen-bond acceptors (Lipinski definition) is 4. The number of guanidine groups is 1. The molecule has 1 amide bonds. The molecule has 0 radical (unpaired) electrons. The fourth-order valence-electron chi connectivity index (χ4n) is 3.66. The van der Waals surface area contributed by atoms with E-state index in [0.29, 0.717) is 13.0 Å². The third-order valence-electron chi connectivity index (χ3n) is 5.35. The molecule has 142 valence electrons. The minimum atomic E-state index is -3.80. The summed E-state index contributed by atoms with van der Waals surface area (Å²) in [5, 5.41) is 11.0. The lowest BCUT2D eigenvalue weighted by atomic mass is 9.77. The molecule has 2 N–H and O–H groups in total. The second kappa shape index (κ2) is 6.62. The van der Waals surface area contributed by atoms with E-state index < -0.39 is 21.4 Å². The van der Waals surface area contributed by atoms with Crippen molar-refractivity contribution in [3.05, 3.63) is 30.1 Å². The van der Waals surface area contributed by atoms with Crippen molar-refractivity contribution in [1.29, 1.82) is 5.41 Å². The van der Waals surface area contributed by atoms with Gasteiger partial charge in [-0.25, -0.2) is 12.8 Å². The Hall–Kier alpha value is -2.00. The Kier molecular flexibility index (Phi) is 4.78. The van der Waals surface area contributed by atoms with Crippen molar-refractivity contribution >= 4 is 21.9 Å². The molecular formula is C17H23FN4O3S. The second-order valence-electron chi connectivity index (χ2n) is 7.18. The van der Waals surface area contributed by atoms with Crippen LogP contribution in [-0.2, 0) is 14.8 Å². The summed E-state index contributed by atoms with van der Waals surface area (Å²) in [6.07, 6.45) is 1.60. The smallest absolute Gasteiger partial charge is 0.243 e. The standard InChI is InChI=1S/C17H23FN4O3S/c1-17(10-15(23)21(2)16(19)20-17)12-5-4-8-22(11-12)26(24,25)14-7-3-6-13(18)9-14/h3,6-7,9,12H,4-5,8,10-11H2,1-2H3,(H2,19,20)/t12?,17-/m0/s1. The third kappa shape index (κ3) is 3.33. The van der Waals surface area contributed by atoms with Crippen LogP contribution in [0.4, 0.5) is 4.39 Å². The topological polar surface area (TPSA) is 93.6 Å².